The maximum absolute atomic E-state index is 12.1. The molecule has 0 spiro atoms. The molecule has 0 heterocycles. The minimum Gasteiger partial charge on any atom is -0.398 e. The third-order valence-corrected chi connectivity index (χ3v) is 2.51. The van der Waals surface area contributed by atoms with E-state index in [1.54, 1.807) is 12.1 Å². The molecule has 0 saturated heterocycles. The highest BCUT2D eigenvalue weighted by molar-refractivity contribution is 5.99. The second kappa shape index (κ2) is 5.29. The first kappa shape index (κ1) is 14.3. The van der Waals surface area contributed by atoms with Gasteiger partial charge in [0.2, 0.25) is 0 Å². The maximum Gasteiger partial charge on any atom is 0.390 e. The molecule has 1 amide bonds. The van der Waals surface area contributed by atoms with Crippen LogP contribution in [-0.4, -0.2) is 30.6 Å². The Labute approximate surface area is 103 Å². The molecule has 1 rings (SSSR count). The van der Waals surface area contributed by atoms with Gasteiger partial charge in [0.1, 0.15) is 0 Å². The lowest BCUT2D eigenvalue weighted by atomic mass is 10.1. The van der Waals surface area contributed by atoms with Crippen LogP contribution in [0, 0.1) is 6.92 Å². The average Bonchev–Trinajstić information content (AvgIpc) is 2.24. The molecule has 0 aliphatic heterocycles. The quantitative estimate of drug-likeness (QED) is 0.849. The van der Waals surface area contributed by atoms with Crippen LogP contribution < -0.4 is 5.73 Å². The molecule has 1 aromatic rings. The van der Waals surface area contributed by atoms with Gasteiger partial charge in [-0.1, -0.05) is 6.07 Å². The van der Waals surface area contributed by atoms with Crippen molar-refractivity contribution in [2.75, 3.05) is 19.3 Å². The summed E-state index contributed by atoms with van der Waals surface area (Å²) in [5, 5.41) is 0. The molecule has 18 heavy (non-hydrogen) atoms. The number of nitrogens with two attached hydrogens (primary N) is 1. The number of nitrogens with zero attached hydrogens (tertiary/aromatic N) is 1. The van der Waals surface area contributed by atoms with Gasteiger partial charge < -0.3 is 10.6 Å². The molecule has 6 heteroatoms. The average molecular weight is 260 g/mol. The predicted molar refractivity (Wildman–Crippen MR) is 63.2 cm³/mol. The van der Waals surface area contributed by atoms with Gasteiger partial charge in [-0.3, -0.25) is 4.79 Å². The Kier molecular flexibility index (Phi) is 4.21. The monoisotopic (exact) mass is 260 g/mol. The summed E-state index contributed by atoms with van der Waals surface area (Å²) in [6.45, 7) is 1.44. The number of amides is 1. The van der Waals surface area contributed by atoms with Crippen LogP contribution in [-0.2, 0) is 0 Å². The molecule has 0 unspecified atom stereocenters. The van der Waals surface area contributed by atoms with E-state index >= 15 is 0 Å². The lowest BCUT2D eigenvalue weighted by molar-refractivity contribution is -0.136. The number of hydrogen-bond donors (Lipinski definition) is 1. The fourth-order valence-corrected chi connectivity index (χ4v) is 1.48. The van der Waals surface area contributed by atoms with E-state index in [4.69, 9.17) is 5.73 Å². The van der Waals surface area contributed by atoms with Crippen LogP contribution in [0.2, 0.25) is 0 Å². The Morgan fingerprint density at radius 2 is 2.00 bits per heavy atom. The molecule has 0 aliphatic carbocycles. The Morgan fingerprint density at radius 3 is 2.50 bits per heavy atom. The number of nitrogen functional groups attached to an aromatic ring is 1. The summed E-state index contributed by atoms with van der Waals surface area (Å²) in [6, 6.07) is 4.84. The second-order valence-corrected chi connectivity index (χ2v) is 4.18. The van der Waals surface area contributed by atoms with E-state index in [9.17, 15) is 18.0 Å². The molecule has 0 bridgehead atoms. The molecule has 0 atom stereocenters. The van der Waals surface area contributed by atoms with Crippen molar-refractivity contribution in [2.45, 2.75) is 19.5 Å². The number of aryl methyl sites for hydroxylation is 1. The third kappa shape index (κ3) is 3.94. The molecule has 1 aromatic carbocycles. The van der Waals surface area contributed by atoms with Gasteiger partial charge in [-0.2, -0.15) is 13.2 Å². The molecule has 0 saturated carbocycles. The van der Waals surface area contributed by atoms with Crippen molar-refractivity contribution in [2.24, 2.45) is 0 Å². The molecule has 0 aromatic heterocycles. The number of carbonyl (C=O) groups excluding carboxylic acids is 1. The normalized spacial score (nSPS) is 11.4. The van der Waals surface area contributed by atoms with E-state index < -0.39 is 18.5 Å². The van der Waals surface area contributed by atoms with Crippen LogP contribution in [0.4, 0.5) is 18.9 Å². The summed E-state index contributed by atoms with van der Waals surface area (Å²) < 4.78 is 36.2. The second-order valence-electron chi connectivity index (χ2n) is 4.18. The highest BCUT2D eigenvalue weighted by atomic mass is 19.4. The number of benzene rings is 1. The van der Waals surface area contributed by atoms with Gasteiger partial charge in [-0.15, -0.1) is 0 Å². The van der Waals surface area contributed by atoms with Gasteiger partial charge in [0, 0.05) is 19.3 Å². The highest BCUT2D eigenvalue weighted by Gasteiger charge is 2.28. The van der Waals surface area contributed by atoms with Crippen molar-refractivity contribution in [1.82, 2.24) is 4.90 Å². The number of alkyl halides is 3. The predicted octanol–water partition coefficient (Wildman–Crippen LogP) is 2.60. The molecule has 2 N–H and O–H groups in total. The van der Waals surface area contributed by atoms with Gasteiger partial charge in [0.25, 0.3) is 5.91 Å². The van der Waals surface area contributed by atoms with Crippen LogP contribution >= 0.6 is 0 Å². The van der Waals surface area contributed by atoms with E-state index in [-0.39, 0.29) is 17.8 Å². The number of anilines is 1. The lowest BCUT2D eigenvalue weighted by Crippen LogP contribution is -2.31. The fourth-order valence-electron chi connectivity index (χ4n) is 1.48. The molecule has 100 valence electrons. The Morgan fingerprint density at radius 1 is 1.39 bits per heavy atom. The summed E-state index contributed by atoms with van der Waals surface area (Å²) in [6.07, 6.45) is -5.30. The minimum absolute atomic E-state index is 0.227. The van der Waals surface area contributed by atoms with Crippen molar-refractivity contribution in [1.29, 1.82) is 0 Å². The summed E-state index contributed by atoms with van der Waals surface area (Å²) >= 11 is 0. The SMILES string of the molecule is Cc1ccc(C(=O)N(C)CCC(F)(F)F)c(N)c1. The van der Waals surface area contributed by atoms with Crippen molar-refractivity contribution in [3.05, 3.63) is 29.3 Å². The lowest BCUT2D eigenvalue weighted by Gasteiger charge is -2.19. The number of carbonyl (C=O) groups is 1. The van der Waals surface area contributed by atoms with Crippen LogP contribution in [0.5, 0.6) is 0 Å². The molecular formula is C12H15F3N2O. The molecule has 0 aliphatic rings. The van der Waals surface area contributed by atoms with Crippen LogP contribution in [0.1, 0.15) is 22.3 Å². The highest BCUT2D eigenvalue weighted by Crippen LogP contribution is 2.21. The minimum atomic E-state index is -4.27. The first-order valence-corrected chi connectivity index (χ1v) is 5.39. The van der Waals surface area contributed by atoms with Gasteiger partial charge in [-0.05, 0) is 24.6 Å². The van der Waals surface area contributed by atoms with Crippen LogP contribution in [0.15, 0.2) is 18.2 Å². The summed E-state index contributed by atoms with van der Waals surface area (Å²) in [5.41, 5.74) is 7.07. The zero-order valence-electron chi connectivity index (χ0n) is 10.2. The number of halogens is 3. The van der Waals surface area contributed by atoms with Crippen molar-refractivity contribution in [3.8, 4) is 0 Å². The Bertz CT molecular complexity index is 443. The zero-order chi connectivity index (χ0) is 13.9. The topological polar surface area (TPSA) is 46.3 Å². The van der Waals surface area contributed by atoms with Crippen LogP contribution in [0.3, 0.4) is 0 Å². The standard InChI is InChI=1S/C12H15F3N2O/c1-8-3-4-9(10(16)7-8)11(18)17(2)6-5-12(13,14)15/h3-4,7H,5-6,16H2,1-2H3. The van der Waals surface area contributed by atoms with Crippen LogP contribution in [0.25, 0.3) is 0 Å². The van der Waals surface area contributed by atoms with E-state index in [1.807, 2.05) is 6.92 Å². The van der Waals surface area contributed by atoms with E-state index in [1.165, 1.54) is 13.1 Å². The van der Waals surface area contributed by atoms with Gasteiger partial charge >= 0.3 is 6.18 Å². The van der Waals surface area contributed by atoms with Crippen molar-refractivity contribution < 1.29 is 18.0 Å². The van der Waals surface area contributed by atoms with Gasteiger partial charge in [-0.25, -0.2) is 0 Å². The smallest absolute Gasteiger partial charge is 0.390 e. The fraction of sp³-hybridized carbons (Fsp3) is 0.417. The Hall–Kier alpha value is -1.72. The van der Waals surface area contributed by atoms with Gasteiger partial charge in [0.05, 0.1) is 12.0 Å². The number of hydrogen-bond acceptors (Lipinski definition) is 2. The molecule has 3 nitrogen and oxygen atoms in total. The summed E-state index contributed by atoms with van der Waals surface area (Å²) in [5.74, 6) is -0.503. The third-order valence-electron chi connectivity index (χ3n) is 2.51. The number of rotatable bonds is 3. The molecule has 0 radical (unpaired) electrons. The van der Waals surface area contributed by atoms with E-state index in [0.717, 1.165) is 10.5 Å². The summed E-state index contributed by atoms with van der Waals surface area (Å²) in [7, 11) is 1.33. The largest absolute Gasteiger partial charge is 0.398 e. The first-order chi connectivity index (χ1) is 8.20. The molecule has 0 fully saturated rings. The van der Waals surface area contributed by atoms with Crippen molar-refractivity contribution in [3.63, 3.8) is 0 Å². The first-order valence-electron chi connectivity index (χ1n) is 5.39. The van der Waals surface area contributed by atoms with E-state index in [0.29, 0.717) is 0 Å². The maximum atomic E-state index is 12.1. The Balaban J connectivity index is 2.74. The van der Waals surface area contributed by atoms with Gasteiger partial charge in [0.15, 0.2) is 0 Å². The molecular weight excluding hydrogens is 245 g/mol. The zero-order valence-corrected chi connectivity index (χ0v) is 10.2. The van der Waals surface area contributed by atoms with Crippen molar-refractivity contribution >= 4 is 11.6 Å². The summed E-state index contributed by atoms with van der Waals surface area (Å²) in [4.78, 5) is 12.9. The van der Waals surface area contributed by atoms with E-state index in [2.05, 4.69) is 0 Å².